The van der Waals surface area contributed by atoms with Gasteiger partial charge in [-0.1, -0.05) is 43.2 Å². The third-order valence-electron chi connectivity index (χ3n) is 5.63. The molecule has 0 bridgehead atoms. The van der Waals surface area contributed by atoms with Crippen molar-refractivity contribution in [1.82, 2.24) is 14.8 Å². The first-order valence-corrected chi connectivity index (χ1v) is 10.7. The fourth-order valence-electron chi connectivity index (χ4n) is 3.89. The van der Waals surface area contributed by atoms with Gasteiger partial charge in [-0.25, -0.2) is 0 Å². The minimum absolute atomic E-state index is 0.281. The number of hydrogen-bond acceptors (Lipinski definition) is 3. The molecule has 0 saturated carbocycles. The molecule has 0 amide bonds. The standard InChI is InChI=1S/C27H27N3O/c1-4-7-22(5-2)23-11-13-26(14-12-23)31-19-25-10-9-24-17-29-30(27(24)20(25)3)18-21-8-6-15-28-16-21/h6,8-17,22H,5,18-19H2,1-3H3/t22-/m1/s1. The Morgan fingerprint density at radius 1 is 1.06 bits per heavy atom. The minimum atomic E-state index is 0.281. The van der Waals surface area contributed by atoms with Crippen LogP contribution in [0.2, 0.25) is 0 Å². The van der Waals surface area contributed by atoms with Crippen LogP contribution in [0, 0.1) is 18.8 Å². The number of benzene rings is 2. The van der Waals surface area contributed by atoms with Gasteiger partial charge >= 0.3 is 0 Å². The van der Waals surface area contributed by atoms with Crippen molar-refractivity contribution in [2.45, 2.75) is 46.3 Å². The summed E-state index contributed by atoms with van der Waals surface area (Å²) >= 11 is 0. The molecule has 0 fully saturated rings. The van der Waals surface area contributed by atoms with Crippen molar-refractivity contribution >= 4 is 10.9 Å². The molecule has 0 unspecified atom stereocenters. The van der Waals surface area contributed by atoms with Crippen LogP contribution in [0.15, 0.2) is 67.1 Å². The van der Waals surface area contributed by atoms with Crippen LogP contribution in [0.3, 0.4) is 0 Å². The summed E-state index contributed by atoms with van der Waals surface area (Å²) in [5.74, 6) is 7.44. The van der Waals surface area contributed by atoms with E-state index in [1.54, 1.807) is 6.20 Å². The van der Waals surface area contributed by atoms with E-state index in [-0.39, 0.29) is 5.92 Å². The van der Waals surface area contributed by atoms with E-state index >= 15 is 0 Å². The largest absolute Gasteiger partial charge is 0.489 e. The SMILES string of the molecule is CC#C[C@@H](CC)c1ccc(OCc2ccc3cnn(Cc4cccnc4)c3c2C)cc1. The quantitative estimate of drug-likeness (QED) is 0.358. The second kappa shape index (κ2) is 9.49. The fraction of sp³-hybridized carbons (Fsp3) is 0.259. The van der Waals surface area contributed by atoms with E-state index in [0.717, 1.165) is 34.2 Å². The van der Waals surface area contributed by atoms with Crippen molar-refractivity contribution in [3.05, 3.63) is 89.4 Å². The lowest BCUT2D eigenvalue weighted by atomic mass is 9.97. The number of nitrogens with zero attached hydrogens (tertiary/aromatic N) is 3. The molecule has 0 aliphatic heterocycles. The molecule has 156 valence electrons. The predicted octanol–water partition coefficient (Wildman–Crippen LogP) is 5.88. The molecule has 4 nitrogen and oxygen atoms in total. The molecule has 2 aromatic carbocycles. The van der Waals surface area contributed by atoms with Crippen molar-refractivity contribution < 1.29 is 4.74 Å². The van der Waals surface area contributed by atoms with Crippen molar-refractivity contribution in [1.29, 1.82) is 0 Å². The number of pyridine rings is 1. The monoisotopic (exact) mass is 409 g/mol. The van der Waals surface area contributed by atoms with E-state index < -0.39 is 0 Å². The van der Waals surface area contributed by atoms with Gasteiger partial charge in [0.2, 0.25) is 0 Å². The van der Waals surface area contributed by atoms with E-state index in [2.05, 4.69) is 66.1 Å². The molecule has 4 heteroatoms. The first-order chi connectivity index (χ1) is 15.2. The van der Waals surface area contributed by atoms with Gasteiger partial charge < -0.3 is 4.74 Å². The van der Waals surface area contributed by atoms with Gasteiger partial charge in [0.15, 0.2) is 0 Å². The third-order valence-corrected chi connectivity index (χ3v) is 5.63. The molecule has 1 atom stereocenters. The van der Waals surface area contributed by atoms with Gasteiger partial charge in [-0.15, -0.1) is 5.92 Å². The van der Waals surface area contributed by atoms with Gasteiger partial charge in [0.25, 0.3) is 0 Å². The van der Waals surface area contributed by atoms with Crippen LogP contribution in [0.25, 0.3) is 10.9 Å². The highest BCUT2D eigenvalue weighted by atomic mass is 16.5. The summed E-state index contributed by atoms with van der Waals surface area (Å²) in [5, 5.41) is 5.73. The van der Waals surface area contributed by atoms with Crippen molar-refractivity contribution in [3.63, 3.8) is 0 Å². The summed E-state index contributed by atoms with van der Waals surface area (Å²) < 4.78 is 8.15. The summed E-state index contributed by atoms with van der Waals surface area (Å²) in [6.07, 6.45) is 6.60. The number of hydrogen-bond donors (Lipinski definition) is 0. The number of aromatic nitrogens is 3. The van der Waals surface area contributed by atoms with E-state index in [4.69, 9.17) is 4.74 Å². The van der Waals surface area contributed by atoms with E-state index in [0.29, 0.717) is 13.2 Å². The molecule has 4 aromatic rings. The molecule has 0 N–H and O–H groups in total. The van der Waals surface area contributed by atoms with Gasteiger partial charge in [0, 0.05) is 23.7 Å². The normalized spacial score (nSPS) is 11.7. The molecular weight excluding hydrogens is 382 g/mol. The zero-order valence-electron chi connectivity index (χ0n) is 18.3. The smallest absolute Gasteiger partial charge is 0.119 e. The molecule has 0 spiro atoms. The Kier molecular flexibility index (Phi) is 6.33. The van der Waals surface area contributed by atoms with Gasteiger partial charge in [-0.05, 0) is 60.7 Å². The molecule has 0 radical (unpaired) electrons. The molecule has 2 aromatic heterocycles. The van der Waals surface area contributed by atoms with Crippen LogP contribution in [-0.2, 0) is 13.2 Å². The number of fused-ring (bicyclic) bond motifs is 1. The lowest BCUT2D eigenvalue weighted by molar-refractivity contribution is 0.305. The van der Waals surface area contributed by atoms with Gasteiger partial charge in [0.05, 0.1) is 18.3 Å². The lowest BCUT2D eigenvalue weighted by Crippen LogP contribution is -2.05. The highest BCUT2D eigenvalue weighted by molar-refractivity contribution is 5.83. The highest BCUT2D eigenvalue weighted by Gasteiger charge is 2.11. The summed E-state index contributed by atoms with van der Waals surface area (Å²) in [7, 11) is 0. The van der Waals surface area contributed by atoms with Crippen LogP contribution < -0.4 is 4.74 Å². The maximum absolute atomic E-state index is 6.11. The first-order valence-electron chi connectivity index (χ1n) is 10.7. The van der Waals surface area contributed by atoms with Gasteiger partial charge in [-0.2, -0.15) is 5.10 Å². The molecule has 0 aliphatic carbocycles. The topological polar surface area (TPSA) is 39.9 Å². The number of aryl methyl sites for hydroxylation is 1. The van der Waals surface area contributed by atoms with E-state index in [1.807, 2.05) is 42.2 Å². The Morgan fingerprint density at radius 2 is 1.90 bits per heavy atom. The lowest BCUT2D eigenvalue weighted by Gasteiger charge is -2.13. The Balaban J connectivity index is 1.51. The average Bonchev–Trinajstić information content (AvgIpc) is 3.21. The van der Waals surface area contributed by atoms with E-state index in [1.165, 1.54) is 11.1 Å². The van der Waals surface area contributed by atoms with Gasteiger partial charge in [0.1, 0.15) is 12.4 Å². The van der Waals surface area contributed by atoms with E-state index in [9.17, 15) is 0 Å². The summed E-state index contributed by atoms with van der Waals surface area (Å²) in [5.41, 5.74) is 5.87. The first kappa shape index (κ1) is 20.7. The second-order valence-electron chi connectivity index (χ2n) is 7.66. The fourth-order valence-corrected chi connectivity index (χ4v) is 3.89. The molecule has 4 rings (SSSR count). The Bertz CT molecular complexity index is 1210. The van der Waals surface area contributed by atoms with Crippen LogP contribution >= 0.6 is 0 Å². The summed E-state index contributed by atoms with van der Waals surface area (Å²) in [6.45, 7) is 7.41. The second-order valence-corrected chi connectivity index (χ2v) is 7.66. The zero-order valence-corrected chi connectivity index (χ0v) is 18.3. The molecular formula is C27H27N3O. The predicted molar refractivity (Wildman–Crippen MR) is 125 cm³/mol. The van der Waals surface area contributed by atoms with Crippen molar-refractivity contribution in [3.8, 4) is 17.6 Å². The summed E-state index contributed by atoms with van der Waals surface area (Å²) in [4.78, 5) is 4.21. The van der Waals surface area contributed by atoms with Crippen molar-refractivity contribution in [2.75, 3.05) is 0 Å². The average molecular weight is 410 g/mol. The Hall–Kier alpha value is -3.58. The van der Waals surface area contributed by atoms with Crippen LogP contribution in [0.5, 0.6) is 5.75 Å². The number of ether oxygens (including phenoxy) is 1. The minimum Gasteiger partial charge on any atom is -0.489 e. The zero-order chi connectivity index (χ0) is 21.6. The molecule has 31 heavy (non-hydrogen) atoms. The van der Waals surface area contributed by atoms with Crippen LogP contribution in [0.4, 0.5) is 0 Å². The maximum atomic E-state index is 6.11. The molecule has 0 aliphatic rings. The number of rotatable bonds is 7. The molecule has 2 heterocycles. The molecule has 0 saturated heterocycles. The highest BCUT2D eigenvalue weighted by Crippen LogP contribution is 2.25. The van der Waals surface area contributed by atoms with Gasteiger partial charge in [-0.3, -0.25) is 9.67 Å². The third kappa shape index (κ3) is 4.62. The van der Waals surface area contributed by atoms with Crippen molar-refractivity contribution in [2.24, 2.45) is 0 Å². The summed E-state index contributed by atoms with van der Waals surface area (Å²) in [6, 6.07) is 16.6. The van der Waals surface area contributed by atoms with Crippen LogP contribution in [-0.4, -0.2) is 14.8 Å². The maximum Gasteiger partial charge on any atom is 0.119 e. The Morgan fingerprint density at radius 3 is 2.61 bits per heavy atom. The van der Waals surface area contributed by atoms with Crippen LogP contribution in [0.1, 0.15) is 48.4 Å². The Labute approximate surface area is 183 Å².